The van der Waals surface area contributed by atoms with Crippen LogP contribution in [0.15, 0.2) is 36.4 Å². The van der Waals surface area contributed by atoms with Gasteiger partial charge in [-0.3, -0.25) is 4.79 Å². The molecule has 1 aliphatic carbocycles. The molecule has 0 fully saturated rings. The number of nitrogens with one attached hydrogen (secondary N) is 1. The predicted octanol–water partition coefficient (Wildman–Crippen LogP) is 6.37. The molecule has 0 spiro atoms. The molecule has 1 atom stereocenters. The molecule has 0 radical (unpaired) electrons. The van der Waals surface area contributed by atoms with Crippen LogP contribution < -0.4 is 5.32 Å². The molecule has 1 amide bonds. The van der Waals surface area contributed by atoms with Crippen LogP contribution in [-0.2, 0) is 23.4 Å². The molecular weight excluding hydrogens is 397 g/mol. The number of hydrogen-bond acceptors (Lipinski definition) is 2. The zero-order valence-corrected chi connectivity index (χ0v) is 17.9. The molecule has 1 unspecified atom stereocenters. The lowest BCUT2D eigenvalue weighted by atomic mass is 9.89. The number of rotatable bonds is 7. The maximum atomic E-state index is 12.4. The molecule has 0 bridgehead atoms. The van der Waals surface area contributed by atoms with Gasteiger partial charge in [0.25, 0.3) is 0 Å². The standard InChI is InChI=1S/C22H25Cl2NOS/c1-2-21(18-9-8-16-5-3-4-6-17(16)12-18)25-22(26)14-27-13-15-7-10-19(23)20(24)11-15/h7-12,21H,2-6,13-14H2,1H3,(H,25,26). The van der Waals surface area contributed by atoms with Crippen molar-refractivity contribution < 1.29 is 4.79 Å². The average molecular weight is 422 g/mol. The second-order valence-corrected chi connectivity index (χ2v) is 8.80. The highest BCUT2D eigenvalue weighted by Crippen LogP contribution is 2.27. The number of thioether (sulfide) groups is 1. The van der Waals surface area contributed by atoms with E-state index < -0.39 is 0 Å². The van der Waals surface area contributed by atoms with Crippen LogP contribution in [0.2, 0.25) is 10.0 Å². The van der Waals surface area contributed by atoms with Gasteiger partial charge in [-0.25, -0.2) is 0 Å². The fourth-order valence-electron chi connectivity index (χ4n) is 3.52. The third-order valence-corrected chi connectivity index (χ3v) is 6.75. The maximum Gasteiger partial charge on any atom is 0.230 e. The second kappa shape index (κ2) is 9.86. The first kappa shape index (κ1) is 20.6. The number of aryl methyl sites for hydroxylation is 2. The fraction of sp³-hybridized carbons (Fsp3) is 0.409. The molecule has 2 nitrogen and oxygen atoms in total. The highest BCUT2D eigenvalue weighted by molar-refractivity contribution is 7.99. The van der Waals surface area contributed by atoms with E-state index in [0.717, 1.165) is 24.2 Å². The Morgan fingerprint density at radius 3 is 2.59 bits per heavy atom. The molecule has 0 saturated heterocycles. The van der Waals surface area contributed by atoms with Gasteiger partial charge in [-0.2, -0.15) is 0 Å². The Morgan fingerprint density at radius 2 is 1.85 bits per heavy atom. The Hall–Kier alpha value is -1.16. The van der Waals surface area contributed by atoms with Crippen molar-refractivity contribution in [2.24, 2.45) is 0 Å². The summed E-state index contributed by atoms with van der Waals surface area (Å²) in [7, 11) is 0. The van der Waals surface area contributed by atoms with Gasteiger partial charge in [0.15, 0.2) is 0 Å². The summed E-state index contributed by atoms with van der Waals surface area (Å²) >= 11 is 13.6. The number of halogens is 2. The van der Waals surface area contributed by atoms with Crippen molar-refractivity contribution in [3.05, 3.63) is 68.7 Å². The fourth-order valence-corrected chi connectivity index (χ4v) is 4.62. The van der Waals surface area contributed by atoms with Crippen molar-refractivity contribution in [2.75, 3.05) is 5.75 Å². The summed E-state index contributed by atoms with van der Waals surface area (Å²) in [6.07, 6.45) is 5.79. The Bertz CT molecular complexity index is 809. The molecule has 0 aromatic heterocycles. The molecule has 0 saturated carbocycles. The van der Waals surface area contributed by atoms with Gasteiger partial charge in [0.05, 0.1) is 21.8 Å². The summed E-state index contributed by atoms with van der Waals surface area (Å²) in [5, 5.41) is 4.30. The van der Waals surface area contributed by atoms with Crippen LogP contribution in [0.4, 0.5) is 0 Å². The third-order valence-electron chi connectivity index (χ3n) is 5.00. The topological polar surface area (TPSA) is 29.1 Å². The van der Waals surface area contributed by atoms with Crippen LogP contribution in [0.1, 0.15) is 54.5 Å². The quantitative estimate of drug-likeness (QED) is 0.562. The Kier molecular flexibility index (Phi) is 7.51. The van der Waals surface area contributed by atoms with Crippen LogP contribution >= 0.6 is 35.0 Å². The van der Waals surface area contributed by atoms with E-state index in [1.165, 1.54) is 36.0 Å². The highest BCUT2D eigenvalue weighted by atomic mass is 35.5. The van der Waals surface area contributed by atoms with Gasteiger partial charge >= 0.3 is 0 Å². The lowest BCUT2D eigenvalue weighted by molar-refractivity contribution is -0.119. The molecule has 27 heavy (non-hydrogen) atoms. The largest absolute Gasteiger partial charge is 0.349 e. The summed E-state index contributed by atoms with van der Waals surface area (Å²) in [5.74, 6) is 1.24. The number of amides is 1. The van der Waals surface area contributed by atoms with Gasteiger partial charge < -0.3 is 5.32 Å². The minimum atomic E-state index is 0.0737. The van der Waals surface area contributed by atoms with E-state index in [-0.39, 0.29) is 11.9 Å². The number of hydrogen-bond donors (Lipinski definition) is 1. The van der Waals surface area contributed by atoms with Gasteiger partial charge in [-0.15, -0.1) is 11.8 Å². The van der Waals surface area contributed by atoms with Crippen molar-refractivity contribution in [1.29, 1.82) is 0 Å². The van der Waals surface area contributed by atoms with Gasteiger partial charge in [0.1, 0.15) is 0 Å². The summed E-state index contributed by atoms with van der Waals surface area (Å²) in [4.78, 5) is 12.4. The van der Waals surface area contributed by atoms with Crippen molar-refractivity contribution in [3.63, 3.8) is 0 Å². The van der Waals surface area contributed by atoms with Crippen LogP contribution in [-0.4, -0.2) is 11.7 Å². The van der Waals surface area contributed by atoms with E-state index in [9.17, 15) is 4.79 Å². The third kappa shape index (κ3) is 5.66. The lowest BCUT2D eigenvalue weighted by Crippen LogP contribution is -2.29. The summed E-state index contributed by atoms with van der Waals surface area (Å²) in [6, 6.07) is 12.4. The van der Waals surface area contributed by atoms with E-state index in [2.05, 4.69) is 30.4 Å². The van der Waals surface area contributed by atoms with Crippen LogP contribution in [0.3, 0.4) is 0 Å². The van der Waals surface area contributed by atoms with Crippen molar-refractivity contribution in [1.82, 2.24) is 5.32 Å². The SMILES string of the molecule is CCC(NC(=O)CSCc1ccc(Cl)c(Cl)c1)c1ccc2c(c1)CCCC2. The Balaban J connectivity index is 1.53. The van der Waals surface area contributed by atoms with Crippen LogP contribution in [0.25, 0.3) is 0 Å². The molecule has 0 heterocycles. The molecule has 2 aromatic carbocycles. The first-order chi connectivity index (χ1) is 13.1. The first-order valence-electron chi connectivity index (χ1n) is 9.49. The number of carbonyl (C=O) groups is 1. The number of carbonyl (C=O) groups excluding carboxylic acids is 1. The minimum Gasteiger partial charge on any atom is -0.349 e. The zero-order valence-electron chi connectivity index (χ0n) is 15.6. The van der Waals surface area contributed by atoms with E-state index in [4.69, 9.17) is 23.2 Å². The molecule has 2 aromatic rings. The van der Waals surface area contributed by atoms with Crippen molar-refractivity contribution in [3.8, 4) is 0 Å². The van der Waals surface area contributed by atoms with E-state index in [1.54, 1.807) is 17.8 Å². The zero-order chi connectivity index (χ0) is 19.2. The molecular formula is C22H25Cl2NOS. The van der Waals surface area contributed by atoms with Gasteiger partial charge in [-0.05, 0) is 66.5 Å². The molecule has 0 aliphatic heterocycles. The van der Waals surface area contributed by atoms with E-state index >= 15 is 0 Å². The average Bonchev–Trinajstić information content (AvgIpc) is 2.68. The first-order valence-corrected chi connectivity index (χ1v) is 11.4. The van der Waals surface area contributed by atoms with Crippen LogP contribution in [0.5, 0.6) is 0 Å². The second-order valence-electron chi connectivity index (χ2n) is 7.00. The molecule has 5 heteroatoms. The van der Waals surface area contributed by atoms with Crippen molar-refractivity contribution >= 4 is 40.9 Å². The molecule has 3 rings (SSSR count). The summed E-state index contributed by atoms with van der Waals surface area (Å²) in [5.41, 5.74) is 5.23. The van der Waals surface area contributed by atoms with E-state index in [0.29, 0.717) is 15.8 Å². The van der Waals surface area contributed by atoms with Crippen molar-refractivity contribution in [2.45, 2.75) is 50.8 Å². The number of fused-ring (bicyclic) bond motifs is 1. The molecule has 144 valence electrons. The smallest absolute Gasteiger partial charge is 0.230 e. The Morgan fingerprint density at radius 1 is 1.07 bits per heavy atom. The maximum absolute atomic E-state index is 12.4. The summed E-state index contributed by atoms with van der Waals surface area (Å²) < 4.78 is 0. The van der Waals surface area contributed by atoms with Gasteiger partial charge in [0, 0.05) is 5.75 Å². The highest BCUT2D eigenvalue weighted by Gasteiger charge is 2.16. The van der Waals surface area contributed by atoms with E-state index in [1.807, 2.05) is 12.1 Å². The predicted molar refractivity (Wildman–Crippen MR) is 117 cm³/mol. The normalized spacial score (nSPS) is 14.5. The number of benzene rings is 2. The van der Waals surface area contributed by atoms with Gasteiger partial charge in [0.2, 0.25) is 5.91 Å². The monoisotopic (exact) mass is 421 g/mol. The van der Waals surface area contributed by atoms with Crippen LogP contribution in [0, 0.1) is 0 Å². The Labute approximate surface area is 176 Å². The minimum absolute atomic E-state index is 0.0737. The molecule has 1 N–H and O–H groups in total. The summed E-state index contributed by atoms with van der Waals surface area (Å²) in [6.45, 7) is 2.12. The lowest BCUT2D eigenvalue weighted by Gasteiger charge is -2.21. The molecule has 1 aliphatic rings. The van der Waals surface area contributed by atoms with Gasteiger partial charge in [-0.1, -0.05) is 54.4 Å².